The Hall–Kier alpha value is -2.30. The number of nitrogens with zero attached hydrogens (tertiary/aromatic N) is 2. The first-order valence-electron chi connectivity index (χ1n) is 7.11. The van der Waals surface area contributed by atoms with Crippen molar-refractivity contribution >= 4 is 5.97 Å². The number of ether oxygens (including phenoxy) is 2. The molecule has 0 N–H and O–H groups in total. The molecule has 0 saturated carbocycles. The summed E-state index contributed by atoms with van der Waals surface area (Å²) in [6, 6.07) is 7.75. The number of aryl methyl sites for hydroxylation is 1. The van der Waals surface area contributed by atoms with Gasteiger partial charge in [-0.2, -0.15) is 5.10 Å². The second kappa shape index (κ2) is 5.24. The van der Waals surface area contributed by atoms with Crippen molar-refractivity contribution in [2.24, 2.45) is 0 Å². The Morgan fingerprint density at radius 2 is 2.29 bits per heavy atom. The van der Waals surface area contributed by atoms with Crippen LogP contribution in [0.4, 0.5) is 0 Å². The average Bonchev–Trinajstić information content (AvgIpc) is 2.86. The second-order valence-corrected chi connectivity index (χ2v) is 5.27. The van der Waals surface area contributed by atoms with E-state index in [1.165, 1.54) is 0 Å². The zero-order valence-electron chi connectivity index (χ0n) is 12.4. The highest BCUT2D eigenvalue weighted by Gasteiger charge is 2.25. The van der Waals surface area contributed by atoms with Gasteiger partial charge in [0.25, 0.3) is 0 Å². The standard InChI is InChI=1S/C16H18N2O3/c1-4-20-16(19)12-8-13-11(3)9-21-15-6-5-10(2)7-14(15)18(13)17-12/h5-8,11H,4,9H2,1-3H3. The first-order valence-corrected chi connectivity index (χ1v) is 7.11. The molecule has 3 rings (SSSR count). The third-order valence-electron chi connectivity index (χ3n) is 3.56. The van der Waals surface area contributed by atoms with Gasteiger partial charge in [0.05, 0.1) is 18.9 Å². The lowest BCUT2D eigenvalue weighted by molar-refractivity contribution is 0.0519. The number of rotatable bonds is 2. The molecule has 110 valence electrons. The number of fused-ring (bicyclic) bond motifs is 3. The van der Waals surface area contributed by atoms with Gasteiger partial charge in [0.2, 0.25) is 0 Å². The molecular weight excluding hydrogens is 268 g/mol. The molecule has 21 heavy (non-hydrogen) atoms. The van der Waals surface area contributed by atoms with Crippen molar-refractivity contribution in [1.82, 2.24) is 9.78 Å². The highest BCUT2D eigenvalue weighted by atomic mass is 16.5. The molecule has 5 nitrogen and oxygen atoms in total. The number of hydrogen-bond acceptors (Lipinski definition) is 4. The van der Waals surface area contributed by atoms with E-state index >= 15 is 0 Å². The molecule has 0 aliphatic carbocycles. The van der Waals surface area contributed by atoms with E-state index in [1.54, 1.807) is 17.7 Å². The van der Waals surface area contributed by atoms with Gasteiger partial charge in [0, 0.05) is 5.92 Å². The van der Waals surface area contributed by atoms with Crippen LogP contribution in [0.25, 0.3) is 5.69 Å². The third kappa shape index (κ3) is 2.39. The van der Waals surface area contributed by atoms with Gasteiger partial charge in [-0.1, -0.05) is 13.0 Å². The van der Waals surface area contributed by atoms with Crippen LogP contribution in [0.3, 0.4) is 0 Å². The van der Waals surface area contributed by atoms with E-state index in [4.69, 9.17) is 9.47 Å². The summed E-state index contributed by atoms with van der Waals surface area (Å²) in [5, 5.41) is 4.42. The molecule has 2 aromatic rings. The minimum Gasteiger partial charge on any atom is -0.491 e. The van der Waals surface area contributed by atoms with E-state index in [9.17, 15) is 4.79 Å². The number of carbonyl (C=O) groups excluding carboxylic acids is 1. The zero-order valence-corrected chi connectivity index (χ0v) is 12.4. The molecule has 1 atom stereocenters. The Morgan fingerprint density at radius 1 is 1.48 bits per heavy atom. The minimum absolute atomic E-state index is 0.147. The van der Waals surface area contributed by atoms with E-state index in [0.29, 0.717) is 18.9 Å². The SMILES string of the molecule is CCOC(=O)c1cc2n(n1)-c1cc(C)ccc1OCC2C. The molecule has 1 aromatic heterocycles. The van der Waals surface area contributed by atoms with Crippen molar-refractivity contribution in [3.05, 3.63) is 41.2 Å². The minimum atomic E-state index is -0.389. The maximum absolute atomic E-state index is 11.9. The van der Waals surface area contributed by atoms with Crippen molar-refractivity contribution in [3.63, 3.8) is 0 Å². The van der Waals surface area contributed by atoms with Crippen molar-refractivity contribution < 1.29 is 14.3 Å². The van der Waals surface area contributed by atoms with Gasteiger partial charge >= 0.3 is 5.97 Å². The molecule has 0 amide bonds. The fraction of sp³-hybridized carbons (Fsp3) is 0.375. The van der Waals surface area contributed by atoms with Crippen LogP contribution < -0.4 is 4.74 Å². The molecule has 5 heteroatoms. The predicted molar refractivity (Wildman–Crippen MR) is 78.2 cm³/mol. The first kappa shape index (κ1) is 13.7. The largest absolute Gasteiger partial charge is 0.491 e. The van der Waals surface area contributed by atoms with Crippen LogP contribution in [0.1, 0.15) is 41.5 Å². The van der Waals surface area contributed by atoms with E-state index in [-0.39, 0.29) is 11.9 Å². The van der Waals surface area contributed by atoms with Crippen LogP contribution in [0, 0.1) is 6.92 Å². The van der Waals surface area contributed by atoms with Crippen LogP contribution >= 0.6 is 0 Å². The van der Waals surface area contributed by atoms with Crippen LogP contribution in [-0.4, -0.2) is 29.0 Å². The lowest BCUT2D eigenvalue weighted by atomic mass is 10.1. The van der Waals surface area contributed by atoms with E-state index < -0.39 is 0 Å². The zero-order chi connectivity index (χ0) is 15.0. The Bertz CT molecular complexity index is 691. The van der Waals surface area contributed by atoms with Crippen molar-refractivity contribution in [3.8, 4) is 11.4 Å². The molecule has 0 fully saturated rings. The van der Waals surface area contributed by atoms with E-state index in [2.05, 4.69) is 12.0 Å². The van der Waals surface area contributed by atoms with E-state index in [0.717, 1.165) is 22.7 Å². The average molecular weight is 286 g/mol. The van der Waals surface area contributed by atoms with Crippen LogP contribution in [-0.2, 0) is 4.74 Å². The quantitative estimate of drug-likeness (QED) is 0.797. The molecule has 0 bridgehead atoms. The van der Waals surface area contributed by atoms with Crippen molar-refractivity contribution in [2.75, 3.05) is 13.2 Å². The molecule has 0 saturated heterocycles. The van der Waals surface area contributed by atoms with Crippen molar-refractivity contribution in [1.29, 1.82) is 0 Å². The van der Waals surface area contributed by atoms with Gasteiger partial charge in [0.1, 0.15) is 11.4 Å². The molecular formula is C16H18N2O3. The molecule has 1 aliphatic heterocycles. The fourth-order valence-corrected chi connectivity index (χ4v) is 2.46. The Labute approximate surface area is 123 Å². The number of esters is 1. The van der Waals surface area contributed by atoms with Gasteiger partial charge in [-0.05, 0) is 37.6 Å². The topological polar surface area (TPSA) is 53.4 Å². The summed E-state index contributed by atoms with van der Waals surface area (Å²) in [4.78, 5) is 11.9. The van der Waals surface area contributed by atoms with Crippen LogP contribution in [0.2, 0.25) is 0 Å². The van der Waals surface area contributed by atoms with E-state index in [1.807, 2.05) is 25.1 Å². The third-order valence-corrected chi connectivity index (χ3v) is 3.56. The summed E-state index contributed by atoms with van der Waals surface area (Å²) < 4.78 is 12.7. The summed E-state index contributed by atoms with van der Waals surface area (Å²) in [6.45, 7) is 6.76. The molecule has 1 aliphatic rings. The van der Waals surface area contributed by atoms with Gasteiger partial charge < -0.3 is 9.47 Å². The summed E-state index contributed by atoms with van der Waals surface area (Å²) in [6.07, 6.45) is 0. The Kier molecular flexibility index (Phi) is 3.41. The predicted octanol–water partition coefficient (Wildman–Crippen LogP) is 2.85. The molecule has 2 heterocycles. The highest BCUT2D eigenvalue weighted by molar-refractivity contribution is 5.87. The number of aromatic nitrogens is 2. The lowest BCUT2D eigenvalue weighted by Gasteiger charge is -2.08. The monoisotopic (exact) mass is 286 g/mol. The fourth-order valence-electron chi connectivity index (χ4n) is 2.46. The number of carbonyl (C=O) groups is 1. The van der Waals surface area contributed by atoms with Gasteiger partial charge in [0.15, 0.2) is 5.69 Å². The Balaban J connectivity index is 2.14. The normalized spacial score (nSPS) is 16.4. The second-order valence-electron chi connectivity index (χ2n) is 5.27. The number of hydrogen-bond donors (Lipinski definition) is 0. The maximum atomic E-state index is 11.9. The van der Waals surface area contributed by atoms with Gasteiger partial charge in [-0.3, -0.25) is 0 Å². The molecule has 1 aromatic carbocycles. The summed E-state index contributed by atoms with van der Waals surface area (Å²) in [7, 11) is 0. The lowest BCUT2D eigenvalue weighted by Crippen LogP contribution is -2.07. The number of benzene rings is 1. The van der Waals surface area contributed by atoms with Crippen LogP contribution in [0.15, 0.2) is 24.3 Å². The molecule has 1 unspecified atom stereocenters. The molecule has 0 radical (unpaired) electrons. The van der Waals surface area contributed by atoms with Gasteiger partial charge in [-0.25, -0.2) is 9.48 Å². The van der Waals surface area contributed by atoms with Crippen molar-refractivity contribution in [2.45, 2.75) is 26.7 Å². The maximum Gasteiger partial charge on any atom is 0.358 e. The smallest absolute Gasteiger partial charge is 0.358 e. The highest BCUT2D eigenvalue weighted by Crippen LogP contribution is 2.32. The summed E-state index contributed by atoms with van der Waals surface area (Å²) in [5.41, 5.74) is 3.28. The first-order chi connectivity index (χ1) is 10.1. The van der Waals surface area contributed by atoms with Crippen LogP contribution in [0.5, 0.6) is 5.75 Å². The summed E-state index contributed by atoms with van der Waals surface area (Å²) >= 11 is 0. The van der Waals surface area contributed by atoms with Gasteiger partial charge in [-0.15, -0.1) is 0 Å². The summed E-state index contributed by atoms with van der Waals surface area (Å²) in [5.74, 6) is 0.540. The Morgan fingerprint density at radius 3 is 3.05 bits per heavy atom. The molecule has 0 spiro atoms.